The van der Waals surface area contributed by atoms with Crippen molar-refractivity contribution in [2.24, 2.45) is 0 Å². The van der Waals surface area contributed by atoms with Crippen molar-refractivity contribution in [3.05, 3.63) is 47.4 Å². The number of aryl methyl sites for hydroxylation is 1. The fourth-order valence-electron chi connectivity index (χ4n) is 2.75. The highest BCUT2D eigenvalue weighted by Crippen LogP contribution is 2.38. The molecule has 3 heterocycles. The van der Waals surface area contributed by atoms with Crippen molar-refractivity contribution < 1.29 is 4.42 Å². The molecule has 1 unspecified atom stereocenters. The van der Waals surface area contributed by atoms with Crippen LogP contribution in [0.15, 0.2) is 46.2 Å². The third-order valence-corrected chi connectivity index (χ3v) is 6.53. The lowest BCUT2D eigenvalue weighted by molar-refractivity contribution is 0.534. The third kappa shape index (κ3) is 2.98. The fraction of sp³-hybridized carbons (Fsp3) is 0.278. The monoisotopic (exact) mass is 370 g/mol. The highest BCUT2D eigenvalue weighted by atomic mass is 32.2. The van der Waals surface area contributed by atoms with Gasteiger partial charge >= 0.3 is 0 Å². The number of thioether (sulfide) groups is 1. The predicted molar refractivity (Wildman–Crippen MR) is 102 cm³/mol. The molecule has 4 aromatic rings. The first-order valence-corrected chi connectivity index (χ1v) is 9.86. The van der Waals surface area contributed by atoms with Gasteiger partial charge in [-0.25, -0.2) is 4.98 Å². The summed E-state index contributed by atoms with van der Waals surface area (Å²) in [6.45, 7) is 7.02. The van der Waals surface area contributed by atoms with Crippen LogP contribution in [0.3, 0.4) is 0 Å². The average Bonchev–Trinajstić information content (AvgIpc) is 3.31. The van der Waals surface area contributed by atoms with E-state index in [2.05, 4.69) is 46.8 Å². The number of hydrogen-bond donors (Lipinski definition) is 0. The van der Waals surface area contributed by atoms with Gasteiger partial charge in [0.25, 0.3) is 0 Å². The summed E-state index contributed by atoms with van der Waals surface area (Å²) in [6.07, 6.45) is 1.69. The minimum atomic E-state index is 0.213. The Labute approximate surface area is 154 Å². The van der Waals surface area contributed by atoms with Gasteiger partial charge in [-0.15, -0.1) is 21.5 Å². The first-order valence-electron chi connectivity index (χ1n) is 8.17. The molecular formula is C18H18N4OS2. The number of rotatable bonds is 5. The fourth-order valence-corrected chi connectivity index (χ4v) is 4.84. The highest BCUT2D eigenvalue weighted by molar-refractivity contribution is 7.99. The molecule has 0 spiro atoms. The lowest BCUT2D eigenvalue weighted by Crippen LogP contribution is -2.01. The number of benzene rings is 1. The van der Waals surface area contributed by atoms with Crippen LogP contribution in [0.25, 0.3) is 21.6 Å². The molecule has 0 saturated carbocycles. The quantitative estimate of drug-likeness (QED) is 0.444. The molecule has 0 saturated heterocycles. The Kier molecular flexibility index (Phi) is 4.35. The van der Waals surface area contributed by atoms with Crippen molar-refractivity contribution in [1.82, 2.24) is 19.7 Å². The summed E-state index contributed by atoms with van der Waals surface area (Å²) in [4.78, 5) is 4.76. The molecule has 1 atom stereocenters. The van der Waals surface area contributed by atoms with Crippen molar-refractivity contribution in [2.45, 2.75) is 37.7 Å². The molecule has 0 radical (unpaired) electrons. The molecular weight excluding hydrogens is 352 g/mol. The Morgan fingerprint density at radius 3 is 2.80 bits per heavy atom. The van der Waals surface area contributed by atoms with E-state index >= 15 is 0 Å². The van der Waals surface area contributed by atoms with E-state index in [-0.39, 0.29) is 5.25 Å². The van der Waals surface area contributed by atoms with Gasteiger partial charge in [-0.2, -0.15) is 0 Å². The maximum Gasteiger partial charge on any atom is 0.192 e. The van der Waals surface area contributed by atoms with Gasteiger partial charge in [-0.05, 0) is 39.0 Å². The van der Waals surface area contributed by atoms with Gasteiger partial charge < -0.3 is 8.98 Å². The van der Waals surface area contributed by atoms with E-state index in [1.807, 2.05) is 19.1 Å². The molecule has 0 fully saturated rings. The highest BCUT2D eigenvalue weighted by Gasteiger charge is 2.20. The van der Waals surface area contributed by atoms with Crippen LogP contribution in [0.2, 0.25) is 0 Å². The predicted octanol–water partition coefficient (Wildman–Crippen LogP) is 5.33. The van der Waals surface area contributed by atoms with Crippen LogP contribution in [-0.2, 0) is 6.54 Å². The van der Waals surface area contributed by atoms with Gasteiger partial charge in [0.05, 0.1) is 27.3 Å². The van der Waals surface area contributed by atoms with Crippen molar-refractivity contribution in [3.63, 3.8) is 0 Å². The van der Waals surface area contributed by atoms with E-state index in [9.17, 15) is 0 Å². The first-order chi connectivity index (χ1) is 12.2. The molecule has 128 valence electrons. The van der Waals surface area contributed by atoms with E-state index < -0.39 is 0 Å². The van der Waals surface area contributed by atoms with Crippen molar-refractivity contribution in [1.29, 1.82) is 0 Å². The molecule has 0 aliphatic carbocycles. The molecule has 7 heteroatoms. The maximum absolute atomic E-state index is 5.42. The van der Waals surface area contributed by atoms with Crippen LogP contribution in [-0.4, -0.2) is 19.7 Å². The molecule has 5 nitrogen and oxygen atoms in total. The van der Waals surface area contributed by atoms with Gasteiger partial charge in [-0.1, -0.05) is 23.9 Å². The van der Waals surface area contributed by atoms with Gasteiger partial charge in [-0.3, -0.25) is 0 Å². The Hall–Kier alpha value is -2.12. The Morgan fingerprint density at radius 1 is 1.24 bits per heavy atom. The van der Waals surface area contributed by atoms with Gasteiger partial charge in [0.2, 0.25) is 0 Å². The zero-order valence-electron chi connectivity index (χ0n) is 14.3. The van der Waals surface area contributed by atoms with E-state index in [4.69, 9.17) is 9.40 Å². The number of furan rings is 1. The van der Waals surface area contributed by atoms with E-state index in [0.717, 1.165) is 39.4 Å². The van der Waals surface area contributed by atoms with Crippen LogP contribution >= 0.6 is 23.1 Å². The van der Waals surface area contributed by atoms with E-state index in [0.29, 0.717) is 0 Å². The minimum Gasteiger partial charge on any atom is -0.469 e. The molecule has 0 aliphatic heterocycles. The standard InChI is InChI=1S/C18H18N4OS2/c1-4-22-16(13-9-10-23-11(13)2)20-21-18(22)24-12(3)17-19-14-7-5-6-8-15(14)25-17/h5-10,12H,4H2,1-3H3. The van der Waals surface area contributed by atoms with Crippen LogP contribution in [0.4, 0.5) is 0 Å². The molecule has 0 aliphatic rings. The number of aromatic nitrogens is 4. The van der Waals surface area contributed by atoms with E-state index in [1.165, 1.54) is 4.70 Å². The zero-order chi connectivity index (χ0) is 17.4. The Bertz CT molecular complexity index is 984. The van der Waals surface area contributed by atoms with Crippen LogP contribution in [0.5, 0.6) is 0 Å². The van der Waals surface area contributed by atoms with Crippen molar-refractivity contribution >= 4 is 33.3 Å². The Morgan fingerprint density at radius 2 is 2.08 bits per heavy atom. The molecule has 0 amide bonds. The van der Waals surface area contributed by atoms with Crippen molar-refractivity contribution in [2.75, 3.05) is 0 Å². The van der Waals surface area contributed by atoms with Gasteiger partial charge in [0, 0.05) is 6.54 Å². The molecule has 1 aromatic carbocycles. The van der Waals surface area contributed by atoms with Crippen LogP contribution < -0.4 is 0 Å². The Balaban J connectivity index is 1.64. The minimum absolute atomic E-state index is 0.213. The van der Waals surface area contributed by atoms with E-state index in [1.54, 1.807) is 29.4 Å². The molecule has 3 aromatic heterocycles. The second kappa shape index (κ2) is 6.65. The zero-order valence-corrected chi connectivity index (χ0v) is 15.9. The third-order valence-electron chi connectivity index (χ3n) is 4.07. The number of hydrogen-bond acceptors (Lipinski definition) is 6. The summed E-state index contributed by atoms with van der Waals surface area (Å²) >= 11 is 3.43. The molecule has 4 rings (SSSR count). The van der Waals surface area contributed by atoms with Gasteiger partial charge in [0.1, 0.15) is 10.8 Å². The number of thiazole rings is 1. The summed E-state index contributed by atoms with van der Waals surface area (Å²) in [5, 5.41) is 11.0. The summed E-state index contributed by atoms with van der Waals surface area (Å²) in [6, 6.07) is 10.2. The second-order valence-corrected chi connectivity index (χ2v) is 8.09. The topological polar surface area (TPSA) is 56.7 Å². The largest absolute Gasteiger partial charge is 0.469 e. The molecule has 0 bridgehead atoms. The molecule has 25 heavy (non-hydrogen) atoms. The van der Waals surface area contributed by atoms with Crippen molar-refractivity contribution in [3.8, 4) is 11.4 Å². The average molecular weight is 371 g/mol. The summed E-state index contributed by atoms with van der Waals surface area (Å²) in [5.74, 6) is 1.71. The summed E-state index contributed by atoms with van der Waals surface area (Å²) < 4.78 is 8.77. The van der Waals surface area contributed by atoms with Gasteiger partial charge in [0.15, 0.2) is 11.0 Å². The SMILES string of the molecule is CCn1c(SC(C)c2nc3ccccc3s2)nnc1-c1ccoc1C. The number of nitrogens with zero attached hydrogens (tertiary/aromatic N) is 4. The number of para-hydroxylation sites is 1. The normalized spacial score (nSPS) is 12.8. The smallest absolute Gasteiger partial charge is 0.192 e. The lowest BCUT2D eigenvalue weighted by Gasteiger charge is -2.10. The second-order valence-electron chi connectivity index (χ2n) is 5.72. The van der Waals surface area contributed by atoms with Crippen LogP contribution in [0.1, 0.15) is 29.9 Å². The number of fused-ring (bicyclic) bond motifs is 1. The maximum atomic E-state index is 5.42. The lowest BCUT2D eigenvalue weighted by atomic mass is 10.2. The molecule has 0 N–H and O–H groups in total. The van der Waals surface area contributed by atoms with Crippen LogP contribution in [0, 0.1) is 6.92 Å². The first kappa shape index (κ1) is 16.4. The summed E-state index contributed by atoms with van der Waals surface area (Å²) in [7, 11) is 0. The summed E-state index contributed by atoms with van der Waals surface area (Å²) in [5.41, 5.74) is 2.05.